The zero-order valence-corrected chi connectivity index (χ0v) is 8.00. The summed E-state index contributed by atoms with van der Waals surface area (Å²) < 4.78 is 0. The molecule has 2 heterocycles. The van der Waals surface area contributed by atoms with Gasteiger partial charge in [0.25, 0.3) is 5.56 Å². The first-order valence-corrected chi connectivity index (χ1v) is 4.56. The summed E-state index contributed by atoms with van der Waals surface area (Å²) in [4.78, 5) is 18.3. The molecule has 80 valence electrons. The Morgan fingerprint density at radius 2 is 2.20 bits per heavy atom. The van der Waals surface area contributed by atoms with E-state index >= 15 is 0 Å². The molecule has 0 atom stereocenters. The molecule has 15 heavy (non-hydrogen) atoms. The SMILES string of the molecule is NC=CNc1nc2c(c(=O)[nH]1)NCCN2. The first kappa shape index (κ1) is 9.38. The summed E-state index contributed by atoms with van der Waals surface area (Å²) >= 11 is 0. The van der Waals surface area contributed by atoms with Crippen molar-refractivity contribution >= 4 is 17.5 Å². The molecule has 0 radical (unpaired) electrons. The van der Waals surface area contributed by atoms with E-state index in [0.29, 0.717) is 24.0 Å². The molecule has 0 saturated heterocycles. The van der Waals surface area contributed by atoms with Crippen molar-refractivity contribution in [2.45, 2.75) is 0 Å². The molecule has 0 unspecified atom stereocenters. The maximum Gasteiger partial charge on any atom is 0.277 e. The topological polar surface area (TPSA) is 108 Å². The summed E-state index contributed by atoms with van der Waals surface area (Å²) in [5.74, 6) is 0.912. The third-order valence-corrected chi connectivity index (χ3v) is 1.95. The zero-order valence-electron chi connectivity index (χ0n) is 8.00. The van der Waals surface area contributed by atoms with Crippen molar-refractivity contribution in [1.29, 1.82) is 0 Å². The van der Waals surface area contributed by atoms with Crippen molar-refractivity contribution < 1.29 is 0 Å². The number of H-pyrrole nitrogens is 1. The fourth-order valence-electron chi connectivity index (χ4n) is 1.33. The fraction of sp³-hybridized carbons (Fsp3) is 0.250. The lowest BCUT2D eigenvalue weighted by Crippen LogP contribution is -2.28. The Morgan fingerprint density at radius 1 is 1.40 bits per heavy atom. The number of nitrogens with one attached hydrogen (secondary N) is 4. The molecule has 0 spiro atoms. The number of aromatic nitrogens is 2. The van der Waals surface area contributed by atoms with Gasteiger partial charge in [0.2, 0.25) is 5.95 Å². The Hall–Kier alpha value is -2.18. The molecule has 0 bridgehead atoms. The minimum Gasteiger partial charge on any atom is -0.403 e. The van der Waals surface area contributed by atoms with Gasteiger partial charge < -0.3 is 21.7 Å². The van der Waals surface area contributed by atoms with Crippen LogP contribution in [0.5, 0.6) is 0 Å². The lowest BCUT2D eigenvalue weighted by atomic mass is 10.3. The number of hydrogen-bond donors (Lipinski definition) is 5. The second-order valence-corrected chi connectivity index (χ2v) is 3.00. The van der Waals surface area contributed by atoms with Crippen LogP contribution in [-0.4, -0.2) is 23.1 Å². The van der Waals surface area contributed by atoms with Gasteiger partial charge in [0, 0.05) is 25.5 Å². The van der Waals surface area contributed by atoms with Gasteiger partial charge in [-0.1, -0.05) is 0 Å². The number of fused-ring (bicyclic) bond motifs is 1. The smallest absolute Gasteiger partial charge is 0.277 e. The number of hydrogen-bond acceptors (Lipinski definition) is 6. The van der Waals surface area contributed by atoms with Crippen molar-refractivity contribution in [3.05, 3.63) is 22.8 Å². The molecule has 1 aliphatic heterocycles. The maximum atomic E-state index is 11.6. The van der Waals surface area contributed by atoms with Crippen molar-refractivity contribution in [1.82, 2.24) is 9.97 Å². The molecule has 1 aromatic heterocycles. The van der Waals surface area contributed by atoms with Crippen LogP contribution >= 0.6 is 0 Å². The van der Waals surface area contributed by atoms with Crippen LogP contribution in [-0.2, 0) is 0 Å². The average Bonchev–Trinajstić information content (AvgIpc) is 2.26. The minimum atomic E-state index is -0.208. The van der Waals surface area contributed by atoms with Gasteiger partial charge in [-0.2, -0.15) is 4.98 Å². The summed E-state index contributed by atoms with van der Waals surface area (Å²) in [7, 11) is 0. The van der Waals surface area contributed by atoms with Crippen molar-refractivity contribution in [2.24, 2.45) is 5.73 Å². The predicted molar refractivity (Wildman–Crippen MR) is 58.8 cm³/mol. The highest BCUT2D eigenvalue weighted by Crippen LogP contribution is 2.17. The Bertz CT molecular complexity index is 437. The molecule has 1 aliphatic rings. The summed E-state index contributed by atoms with van der Waals surface area (Å²) in [6.45, 7) is 1.46. The van der Waals surface area contributed by atoms with Gasteiger partial charge in [-0.25, -0.2) is 0 Å². The largest absolute Gasteiger partial charge is 0.403 e. The molecule has 0 aromatic carbocycles. The Kier molecular flexibility index (Phi) is 2.44. The number of nitrogens with zero attached hydrogens (tertiary/aromatic N) is 1. The summed E-state index contributed by atoms with van der Waals surface area (Å²) in [5.41, 5.74) is 5.43. The van der Waals surface area contributed by atoms with Crippen molar-refractivity contribution in [3.63, 3.8) is 0 Å². The second-order valence-electron chi connectivity index (χ2n) is 3.00. The standard InChI is InChI=1S/C8H12N6O/c9-1-2-12-8-13-6-5(7(15)14-8)10-3-4-11-6/h1-2,10H,3-4,9H2,(H3,11,12,13,14,15). The fourth-order valence-corrected chi connectivity index (χ4v) is 1.33. The Morgan fingerprint density at radius 3 is 3.00 bits per heavy atom. The van der Waals surface area contributed by atoms with E-state index in [-0.39, 0.29) is 5.56 Å². The normalized spacial score (nSPS) is 14.1. The van der Waals surface area contributed by atoms with Gasteiger partial charge in [-0.3, -0.25) is 9.78 Å². The van der Waals surface area contributed by atoms with E-state index in [1.54, 1.807) is 0 Å². The highest BCUT2D eigenvalue weighted by atomic mass is 16.1. The van der Waals surface area contributed by atoms with Gasteiger partial charge in [-0.15, -0.1) is 0 Å². The van der Waals surface area contributed by atoms with Crippen LogP contribution in [0.1, 0.15) is 0 Å². The number of rotatable bonds is 2. The molecule has 6 N–H and O–H groups in total. The van der Waals surface area contributed by atoms with Crippen LogP contribution in [0.25, 0.3) is 0 Å². The van der Waals surface area contributed by atoms with E-state index in [0.717, 1.165) is 6.54 Å². The van der Waals surface area contributed by atoms with Crippen molar-refractivity contribution in [3.8, 4) is 0 Å². The van der Waals surface area contributed by atoms with Crippen LogP contribution in [0.3, 0.4) is 0 Å². The Labute approximate surface area is 85.8 Å². The lowest BCUT2D eigenvalue weighted by Gasteiger charge is -2.18. The molecule has 1 aromatic rings. The van der Waals surface area contributed by atoms with E-state index < -0.39 is 0 Å². The molecule has 7 nitrogen and oxygen atoms in total. The van der Waals surface area contributed by atoms with E-state index in [1.165, 1.54) is 12.4 Å². The zero-order chi connectivity index (χ0) is 10.7. The molecule has 7 heteroatoms. The van der Waals surface area contributed by atoms with E-state index in [2.05, 4.69) is 25.9 Å². The molecular formula is C8H12N6O. The van der Waals surface area contributed by atoms with E-state index in [1.807, 2.05) is 0 Å². The number of aromatic amines is 1. The van der Waals surface area contributed by atoms with Crippen LogP contribution in [0, 0.1) is 0 Å². The van der Waals surface area contributed by atoms with Crippen molar-refractivity contribution in [2.75, 3.05) is 29.0 Å². The highest BCUT2D eigenvalue weighted by Gasteiger charge is 2.13. The minimum absolute atomic E-state index is 0.208. The summed E-state index contributed by atoms with van der Waals surface area (Å²) in [6, 6.07) is 0. The predicted octanol–water partition coefficient (Wildman–Crippen LogP) is -0.551. The number of nitrogens with two attached hydrogens (primary N) is 1. The third kappa shape index (κ3) is 1.85. The summed E-state index contributed by atoms with van der Waals surface area (Å²) in [5, 5.41) is 8.75. The third-order valence-electron chi connectivity index (χ3n) is 1.95. The van der Waals surface area contributed by atoms with E-state index in [9.17, 15) is 4.79 Å². The van der Waals surface area contributed by atoms with Crippen LogP contribution in [0.2, 0.25) is 0 Å². The monoisotopic (exact) mass is 208 g/mol. The number of anilines is 3. The lowest BCUT2D eigenvalue weighted by molar-refractivity contribution is 0.986. The molecule has 0 fully saturated rings. The second kappa shape index (κ2) is 3.91. The molecule has 0 saturated carbocycles. The highest BCUT2D eigenvalue weighted by molar-refractivity contribution is 5.66. The molecule has 0 aliphatic carbocycles. The first-order valence-electron chi connectivity index (χ1n) is 4.56. The average molecular weight is 208 g/mol. The molecule has 2 rings (SSSR count). The van der Waals surface area contributed by atoms with Crippen LogP contribution in [0.15, 0.2) is 17.2 Å². The quantitative estimate of drug-likeness (QED) is 0.446. The Balaban J connectivity index is 2.36. The first-order chi connectivity index (χ1) is 7.31. The van der Waals surface area contributed by atoms with Crippen LogP contribution < -0.4 is 27.2 Å². The van der Waals surface area contributed by atoms with Gasteiger partial charge in [0.05, 0.1) is 0 Å². The van der Waals surface area contributed by atoms with Gasteiger partial charge in [0.1, 0.15) is 5.69 Å². The maximum absolute atomic E-state index is 11.6. The summed E-state index contributed by atoms with van der Waals surface area (Å²) in [6.07, 6.45) is 2.81. The van der Waals surface area contributed by atoms with Gasteiger partial charge in [-0.05, 0) is 0 Å². The van der Waals surface area contributed by atoms with Gasteiger partial charge >= 0.3 is 0 Å². The molecule has 0 amide bonds. The molecular weight excluding hydrogens is 196 g/mol. The van der Waals surface area contributed by atoms with Crippen LogP contribution in [0.4, 0.5) is 17.5 Å². The van der Waals surface area contributed by atoms with E-state index in [4.69, 9.17) is 5.73 Å². The van der Waals surface area contributed by atoms with Gasteiger partial charge in [0.15, 0.2) is 5.82 Å².